The van der Waals surface area contributed by atoms with Gasteiger partial charge in [-0.1, -0.05) is 6.92 Å². The molecule has 0 spiro atoms. The third kappa shape index (κ3) is 3.37. The Hall–Kier alpha value is -1.41. The Bertz CT molecular complexity index is 541. The summed E-state index contributed by atoms with van der Waals surface area (Å²) in [4.78, 5) is 18.9. The molecule has 0 radical (unpaired) electrons. The Morgan fingerprint density at radius 1 is 1.60 bits per heavy atom. The molecular weight excluding hydrogens is 280 g/mol. The van der Waals surface area contributed by atoms with Gasteiger partial charge in [-0.25, -0.2) is 13.4 Å². The number of carbonyl (C=O) groups is 1. The quantitative estimate of drug-likeness (QED) is 0.786. The van der Waals surface area contributed by atoms with Gasteiger partial charge in [-0.05, 0) is 19.3 Å². The van der Waals surface area contributed by atoms with Crippen molar-refractivity contribution in [1.82, 2.24) is 19.6 Å². The van der Waals surface area contributed by atoms with Crippen LogP contribution in [-0.4, -0.2) is 46.9 Å². The van der Waals surface area contributed by atoms with Crippen molar-refractivity contribution >= 4 is 15.9 Å². The van der Waals surface area contributed by atoms with Gasteiger partial charge in [0.05, 0.1) is 24.3 Å². The number of nitrogens with one attached hydrogen (secondary N) is 2. The second-order valence-corrected chi connectivity index (χ2v) is 6.92. The van der Waals surface area contributed by atoms with Crippen molar-refractivity contribution in [1.29, 1.82) is 0 Å². The molecule has 2 rings (SSSR count). The van der Waals surface area contributed by atoms with Crippen molar-refractivity contribution in [3.05, 3.63) is 18.2 Å². The molecule has 0 saturated carbocycles. The number of aromatic amines is 1. The molecule has 20 heavy (non-hydrogen) atoms. The van der Waals surface area contributed by atoms with Gasteiger partial charge < -0.3 is 10.3 Å². The van der Waals surface area contributed by atoms with E-state index in [1.165, 1.54) is 10.6 Å². The summed E-state index contributed by atoms with van der Waals surface area (Å²) in [6, 6.07) is -0.575. The predicted octanol–water partition coefficient (Wildman–Crippen LogP) is 0.230. The number of carbonyl (C=O) groups excluding carboxylic acids is 1. The van der Waals surface area contributed by atoms with E-state index in [1.54, 1.807) is 6.20 Å². The molecule has 1 aromatic rings. The fourth-order valence-electron chi connectivity index (χ4n) is 2.39. The number of hydrogen-bond donors (Lipinski definition) is 2. The van der Waals surface area contributed by atoms with Gasteiger partial charge >= 0.3 is 0 Å². The Kier molecular flexibility index (Phi) is 4.77. The summed E-state index contributed by atoms with van der Waals surface area (Å²) in [5, 5.41) is 2.75. The van der Waals surface area contributed by atoms with Crippen LogP contribution in [0.2, 0.25) is 0 Å². The van der Waals surface area contributed by atoms with Crippen LogP contribution < -0.4 is 5.32 Å². The molecule has 2 heterocycles. The lowest BCUT2D eigenvalue weighted by Gasteiger charge is -2.23. The van der Waals surface area contributed by atoms with Crippen molar-refractivity contribution in [2.24, 2.45) is 0 Å². The molecule has 1 aromatic heterocycles. The van der Waals surface area contributed by atoms with E-state index in [4.69, 9.17) is 0 Å². The molecule has 7 nitrogen and oxygen atoms in total. The van der Waals surface area contributed by atoms with E-state index in [0.717, 1.165) is 12.1 Å². The molecule has 0 aromatic carbocycles. The molecule has 2 N–H and O–H groups in total. The van der Waals surface area contributed by atoms with Crippen molar-refractivity contribution in [3.63, 3.8) is 0 Å². The van der Waals surface area contributed by atoms with Crippen molar-refractivity contribution in [2.45, 2.75) is 38.8 Å². The highest BCUT2D eigenvalue weighted by Gasteiger charge is 2.37. The van der Waals surface area contributed by atoms with Crippen molar-refractivity contribution in [3.8, 4) is 0 Å². The third-order valence-corrected chi connectivity index (χ3v) is 5.41. The highest BCUT2D eigenvalue weighted by atomic mass is 32.2. The minimum Gasteiger partial charge on any atom is -0.349 e. The predicted molar refractivity (Wildman–Crippen MR) is 74.2 cm³/mol. The van der Waals surface area contributed by atoms with Crippen LogP contribution in [0, 0.1) is 0 Å². The maximum atomic E-state index is 12.2. The average Bonchev–Trinajstić information content (AvgIpc) is 3.07. The summed E-state index contributed by atoms with van der Waals surface area (Å²) in [6.45, 7) is 2.59. The molecule has 0 aliphatic carbocycles. The number of H-pyrrole nitrogens is 1. The molecule has 1 aliphatic heterocycles. The summed E-state index contributed by atoms with van der Waals surface area (Å²) < 4.78 is 25.6. The van der Waals surface area contributed by atoms with Crippen LogP contribution in [0.3, 0.4) is 0 Å². The first-order valence-electron chi connectivity index (χ1n) is 6.79. The molecule has 1 fully saturated rings. The van der Waals surface area contributed by atoms with Gasteiger partial charge in [0.15, 0.2) is 0 Å². The van der Waals surface area contributed by atoms with Gasteiger partial charge in [0, 0.05) is 12.7 Å². The van der Waals surface area contributed by atoms with E-state index in [1.807, 2.05) is 6.92 Å². The first kappa shape index (κ1) is 15.0. The molecule has 1 atom stereocenters. The zero-order valence-electron chi connectivity index (χ0n) is 11.5. The summed E-state index contributed by atoms with van der Waals surface area (Å²) in [6.07, 6.45) is 5.03. The van der Waals surface area contributed by atoms with Gasteiger partial charge in [-0.15, -0.1) is 0 Å². The monoisotopic (exact) mass is 300 g/mol. The summed E-state index contributed by atoms with van der Waals surface area (Å²) >= 11 is 0. The van der Waals surface area contributed by atoms with Gasteiger partial charge in [0.2, 0.25) is 15.9 Å². The number of imidazole rings is 1. The maximum absolute atomic E-state index is 12.2. The number of sulfonamides is 1. The normalized spacial score (nSPS) is 20.1. The highest BCUT2D eigenvalue weighted by molar-refractivity contribution is 7.89. The zero-order valence-corrected chi connectivity index (χ0v) is 12.3. The number of amides is 1. The minimum absolute atomic E-state index is 0.0946. The second kappa shape index (κ2) is 6.36. The Morgan fingerprint density at radius 3 is 3.05 bits per heavy atom. The van der Waals surface area contributed by atoms with E-state index in [2.05, 4.69) is 15.3 Å². The lowest BCUT2D eigenvalue weighted by Crippen LogP contribution is -2.46. The van der Waals surface area contributed by atoms with Gasteiger partial charge in [-0.3, -0.25) is 4.79 Å². The third-order valence-electron chi connectivity index (χ3n) is 3.33. The fraction of sp³-hybridized carbons (Fsp3) is 0.667. The van der Waals surface area contributed by atoms with E-state index in [-0.39, 0.29) is 11.7 Å². The van der Waals surface area contributed by atoms with Crippen LogP contribution in [0.5, 0.6) is 0 Å². The lowest BCUT2D eigenvalue weighted by molar-refractivity contribution is -0.124. The van der Waals surface area contributed by atoms with E-state index >= 15 is 0 Å². The summed E-state index contributed by atoms with van der Waals surface area (Å²) in [5.74, 6) is -0.145. The molecule has 1 saturated heterocycles. The van der Waals surface area contributed by atoms with Crippen molar-refractivity contribution < 1.29 is 13.2 Å². The molecule has 0 bridgehead atoms. The van der Waals surface area contributed by atoms with E-state index in [9.17, 15) is 13.2 Å². The van der Waals surface area contributed by atoms with E-state index in [0.29, 0.717) is 25.9 Å². The highest BCUT2D eigenvalue weighted by Crippen LogP contribution is 2.22. The van der Waals surface area contributed by atoms with Crippen molar-refractivity contribution in [2.75, 3.05) is 12.3 Å². The molecule has 1 unspecified atom stereocenters. The largest absolute Gasteiger partial charge is 0.349 e. The molecular formula is C12H20N4O3S. The van der Waals surface area contributed by atoms with Crippen LogP contribution in [0.25, 0.3) is 0 Å². The minimum atomic E-state index is -3.32. The van der Waals surface area contributed by atoms with Gasteiger partial charge in [0.1, 0.15) is 6.04 Å². The van der Waals surface area contributed by atoms with Crippen LogP contribution in [-0.2, 0) is 21.4 Å². The summed E-state index contributed by atoms with van der Waals surface area (Å²) in [7, 11) is -3.32. The first-order chi connectivity index (χ1) is 9.54. The number of hydrogen-bond acceptors (Lipinski definition) is 4. The standard InChI is InChI=1S/C12H20N4O3S/c1-2-6-20(18,19)16-5-3-4-11(16)12(17)14-8-10-7-13-9-15-10/h7,9,11H,2-6,8H2,1H3,(H,13,15)(H,14,17). The SMILES string of the molecule is CCCS(=O)(=O)N1CCCC1C(=O)NCc1cnc[nH]1. The van der Waals surface area contributed by atoms with Crippen LogP contribution in [0.1, 0.15) is 31.9 Å². The smallest absolute Gasteiger partial charge is 0.238 e. The van der Waals surface area contributed by atoms with E-state index < -0.39 is 16.1 Å². The number of nitrogens with zero attached hydrogens (tertiary/aromatic N) is 2. The lowest BCUT2D eigenvalue weighted by atomic mass is 10.2. The summed E-state index contributed by atoms with van der Waals surface area (Å²) in [5.41, 5.74) is 0.791. The van der Waals surface area contributed by atoms with Crippen LogP contribution in [0.4, 0.5) is 0 Å². The van der Waals surface area contributed by atoms with Crippen LogP contribution >= 0.6 is 0 Å². The zero-order chi connectivity index (χ0) is 14.6. The van der Waals surface area contributed by atoms with Gasteiger partial charge in [-0.2, -0.15) is 4.31 Å². The second-order valence-electron chi connectivity index (χ2n) is 4.88. The Morgan fingerprint density at radius 2 is 2.40 bits per heavy atom. The Labute approximate surface area is 118 Å². The molecule has 112 valence electrons. The molecule has 8 heteroatoms. The average molecular weight is 300 g/mol. The Balaban J connectivity index is 1.98. The topological polar surface area (TPSA) is 95.2 Å². The molecule has 1 aliphatic rings. The molecule has 1 amide bonds. The number of aromatic nitrogens is 2. The van der Waals surface area contributed by atoms with Gasteiger partial charge in [0.25, 0.3) is 0 Å². The first-order valence-corrected chi connectivity index (χ1v) is 8.40. The van der Waals surface area contributed by atoms with Crippen LogP contribution in [0.15, 0.2) is 12.5 Å². The number of rotatable bonds is 6. The maximum Gasteiger partial charge on any atom is 0.238 e. The fourth-order valence-corrected chi connectivity index (χ4v) is 4.14.